The van der Waals surface area contributed by atoms with Crippen LogP contribution < -0.4 is 10.6 Å². The molecule has 218 valence electrons. The molecular weight excluding hydrogens is 593 g/mol. The Morgan fingerprint density at radius 2 is 0.875 bits per heavy atom. The molecule has 3 rings (SSSR count). The summed E-state index contributed by atoms with van der Waals surface area (Å²) in [4.78, 5) is 0. The monoisotopic (exact) mass is 628 g/mol. The van der Waals surface area contributed by atoms with Gasteiger partial charge in [0.05, 0.1) is 37.8 Å². The normalized spacial score (nSPS) is 13.6. The molecule has 0 saturated carbocycles. The summed E-state index contributed by atoms with van der Waals surface area (Å²) in [5, 5.41) is 7.81. The van der Waals surface area contributed by atoms with Gasteiger partial charge in [0.25, 0.3) is 0 Å². The van der Waals surface area contributed by atoms with Gasteiger partial charge in [-0.1, -0.05) is 59.6 Å². The number of rotatable bonds is 16. The summed E-state index contributed by atoms with van der Waals surface area (Å²) in [6, 6.07) is 21.3. The number of anilines is 2. The van der Waals surface area contributed by atoms with Crippen molar-refractivity contribution in [3.63, 3.8) is 0 Å². The first kappa shape index (κ1) is 32.7. The van der Waals surface area contributed by atoms with E-state index < -0.39 is 26.8 Å². The van der Waals surface area contributed by atoms with Crippen LogP contribution in [-0.2, 0) is 27.2 Å². The third kappa shape index (κ3) is 8.34. The first-order valence-electron chi connectivity index (χ1n) is 13.1. The first-order valence-corrected chi connectivity index (χ1v) is 17.1. The third-order valence-corrected chi connectivity index (χ3v) is 10.8. The van der Waals surface area contributed by atoms with E-state index in [0.29, 0.717) is 32.5 Å². The molecule has 2 unspecified atom stereocenters. The van der Waals surface area contributed by atoms with Crippen molar-refractivity contribution in [3.8, 4) is 0 Å². The van der Waals surface area contributed by atoms with Crippen LogP contribution in [-0.4, -0.2) is 26.4 Å². The van der Waals surface area contributed by atoms with E-state index in [-0.39, 0.29) is 26.4 Å². The van der Waals surface area contributed by atoms with Crippen LogP contribution in [0.4, 0.5) is 11.4 Å². The Kier molecular flexibility index (Phi) is 12.6. The topological polar surface area (TPSA) is 95.1 Å². The van der Waals surface area contributed by atoms with Crippen LogP contribution in [0.3, 0.4) is 0 Å². The molecule has 0 saturated heterocycles. The molecule has 3 aromatic rings. The van der Waals surface area contributed by atoms with Crippen molar-refractivity contribution in [1.82, 2.24) is 0 Å². The van der Waals surface area contributed by atoms with E-state index in [0.717, 1.165) is 0 Å². The molecule has 3 aromatic carbocycles. The minimum absolute atomic E-state index is 0.188. The van der Waals surface area contributed by atoms with Crippen molar-refractivity contribution in [1.29, 1.82) is 0 Å². The maximum absolute atomic E-state index is 14.1. The van der Waals surface area contributed by atoms with Crippen LogP contribution in [0.25, 0.3) is 0 Å². The lowest BCUT2D eigenvalue weighted by Crippen LogP contribution is -2.19. The van der Waals surface area contributed by atoms with Crippen molar-refractivity contribution >= 4 is 49.8 Å². The van der Waals surface area contributed by atoms with Gasteiger partial charge in [0.2, 0.25) is 0 Å². The van der Waals surface area contributed by atoms with Crippen molar-refractivity contribution in [2.24, 2.45) is 0 Å². The maximum atomic E-state index is 14.1. The predicted molar refractivity (Wildman–Crippen MR) is 164 cm³/mol. The molecule has 2 N–H and O–H groups in total. The van der Waals surface area contributed by atoms with Gasteiger partial charge in [-0.2, -0.15) is 0 Å². The standard InChI is InChI=1S/C28H36Cl2N2O6P2/c1-5-35-39(33,36-6-2)27(21-13-17-23(29)18-14-21)31-25-11-9-10-12-26(25)32-28(22-15-19-24(30)20-16-22)40(34,37-7-3)38-8-4/h9-20,27-28,31-32H,5-8H2,1-4H3. The number of hydrogen-bond acceptors (Lipinski definition) is 8. The van der Waals surface area contributed by atoms with E-state index in [1.807, 2.05) is 24.3 Å². The minimum Gasteiger partial charge on any atom is -0.366 e. The zero-order chi connectivity index (χ0) is 29.2. The van der Waals surface area contributed by atoms with E-state index in [2.05, 4.69) is 10.6 Å². The molecule has 0 radical (unpaired) electrons. The van der Waals surface area contributed by atoms with Gasteiger partial charge < -0.3 is 28.7 Å². The van der Waals surface area contributed by atoms with Crippen LogP contribution in [0.5, 0.6) is 0 Å². The Morgan fingerprint density at radius 3 is 1.15 bits per heavy atom. The molecule has 0 amide bonds. The fourth-order valence-electron chi connectivity index (χ4n) is 4.10. The average molecular weight is 629 g/mol. The molecule has 12 heteroatoms. The second-order valence-corrected chi connectivity index (χ2v) is 13.6. The number of benzene rings is 3. The van der Waals surface area contributed by atoms with Gasteiger partial charge in [0.1, 0.15) is 0 Å². The Hall–Kier alpha value is -1.86. The molecule has 0 aliphatic heterocycles. The van der Waals surface area contributed by atoms with Crippen molar-refractivity contribution < 1.29 is 27.2 Å². The Bertz CT molecular complexity index is 1190. The van der Waals surface area contributed by atoms with Crippen molar-refractivity contribution in [2.75, 3.05) is 37.1 Å². The Balaban J connectivity index is 2.10. The summed E-state index contributed by atoms with van der Waals surface area (Å²) in [6.07, 6.45) is 0. The molecule has 0 heterocycles. The lowest BCUT2D eigenvalue weighted by molar-refractivity contribution is 0.213. The molecule has 8 nitrogen and oxygen atoms in total. The quantitative estimate of drug-likeness (QED) is 0.151. The van der Waals surface area contributed by atoms with E-state index in [1.165, 1.54) is 0 Å². The lowest BCUT2D eigenvalue weighted by Gasteiger charge is -2.31. The highest BCUT2D eigenvalue weighted by Gasteiger charge is 2.39. The summed E-state index contributed by atoms with van der Waals surface area (Å²) in [7, 11) is -7.41. The lowest BCUT2D eigenvalue weighted by atomic mass is 10.2. The average Bonchev–Trinajstić information content (AvgIpc) is 2.93. The fourth-order valence-corrected chi connectivity index (χ4v) is 8.21. The second kappa shape index (κ2) is 15.4. The molecular formula is C28H36Cl2N2O6P2. The van der Waals surface area contributed by atoms with Crippen LogP contribution >= 0.6 is 38.4 Å². The number of halogens is 2. The summed E-state index contributed by atoms with van der Waals surface area (Å²) in [5.41, 5.74) is 2.46. The summed E-state index contributed by atoms with van der Waals surface area (Å²) in [6.45, 7) is 7.79. The molecule has 40 heavy (non-hydrogen) atoms. The molecule has 0 aliphatic carbocycles. The van der Waals surface area contributed by atoms with E-state index in [9.17, 15) is 9.13 Å². The zero-order valence-electron chi connectivity index (χ0n) is 23.0. The smallest absolute Gasteiger partial charge is 0.357 e. The van der Waals surface area contributed by atoms with Gasteiger partial charge in [-0.25, -0.2) is 0 Å². The first-order chi connectivity index (χ1) is 19.2. The van der Waals surface area contributed by atoms with Gasteiger partial charge in [0, 0.05) is 10.0 Å². The largest absolute Gasteiger partial charge is 0.366 e. The van der Waals surface area contributed by atoms with E-state index in [1.54, 1.807) is 76.2 Å². The highest BCUT2D eigenvalue weighted by molar-refractivity contribution is 7.54. The Labute approximate surface area is 246 Å². The highest BCUT2D eigenvalue weighted by Crippen LogP contribution is 2.63. The maximum Gasteiger partial charge on any atom is 0.357 e. The van der Waals surface area contributed by atoms with Crippen LogP contribution in [0.1, 0.15) is 50.4 Å². The minimum atomic E-state index is -3.70. The fraction of sp³-hybridized carbons (Fsp3) is 0.357. The molecule has 0 spiro atoms. The zero-order valence-corrected chi connectivity index (χ0v) is 26.3. The highest BCUT2D eigenvalue weighted by atomic mass is 35.5. The van der Waals surface area contributed by atoms with Gasteiger partial charge in [-0.15, -0.1) is 0 Å². The van der Waals surface area contributed by atoms with Gasteiger partial charge in [-0.3, -0.25) is 9.13 Å². The number of hydrogen-bond donors (Lipinski definition) is 2. The van der Waals surface area contributed by atoms with E-state index >= 15 is 0 Å². The van der Waals surface area contributed by atoms with Crippen molar-refractivity contribution in [3.05, 3.63) is 94.0 Å². The summed E-state index contributed by atoms with van der Waals surface area (Å²) in [5.74, 6) is -1.74. The predicted octanol–water partition coefficient (Wildman–Crippen LogP) is 9.75. The van der Waals surface area contributed by atoms with Crippen LogP contribution in [0.15, 0.2) is 72.8 Å². The number of nitrogens with one attached hydrogen (secondary N) is 2. The molecule has 2 atom stereocenters. The van der Waals surface area contributed by atoms with E-state index in [4.69, 9.17) is 41.3 Å². The second-order valence-electron chi connectivity index (χ2n) is 8.49. The third-order valence-electron chi connectivity index (χ3n) is 5.75. The van der Waals surface area contributed by atoms with Gasteiger partial charge in [0.15, 0.2) is 11.6 Å². The summed E-state index contributed by atoms with van der Waals surface area (Å²) >= 11 is 12.3. The summed E-state index contributed by atoms with van der Waals surface area (Å²) < 4.78 is 51.0. The van der Waals surface area contributed by atoms with Gasteiger partial charge in [-0.05, 0) is 75.2 Å². The Morgan fingerprint density at radius 1 is 0.575 bits per heavy atom. The number of para-hydroxylation sites is 2. The van der Waals surface area contributed by atoms with Crippen LogP contribution in [0, 0.1) is 0 Å². The SMILES string of the molecule is CCOP(=O)(OCC)C(Nc1ccccc1NC(c1ccc(Cl)cc1)P(=O)(OCC)OCC)c1ccc(Cl)cc1. The van der Waals surface area contributed by atoms with Crippen LogP contribution in [0.2, 0.25) is 10.0 Å². The molecule has 0 aliphatic rings. The van der Waals surface area contributed by atoms with Gasteiger partial charge >= 0.3 is 15.2 Å². The van der Waals surface area contributed by atoms with Crippen molar-refractivity contribution in [2.45, 2.75) is 39.3 Å². The molecule has 0 aromatic heterocycles. The molecule has 0 bridgehead atoms. The molecule has 0 fully saturated rings.